The predicted molar refractivity (Wildman–Crippen MR) is 95.6 cm³/mol. The Bertz CT molecular complexity index is 604. The lowest BCUT2D eigenvalue weighted by molar-refractivity contribution is -0.119. The first kappa shape index (κ1) is 20.7. The summed E-state index contributed by atoms with van der Waals surface area (Å²) in [6, 6.07) is 7.27. The lowest BCUT2D eigenvalue weighted by Gasteiger charge is -2.18. The number of benzene rings is 1. The Morgan fingerprint density at radius 2 is 1.92 bits per heavy atom. The molecule has 25 heavy (non-hydrogen) atoms. The molecule has 0 heterocycles. The van der Waals surface area contributed by atoms with E-state index in [4.69, 9.17) is 4.74 Å². The number of nitrogens with one attached hydrogen (secondary N) is 2. The van der Waals surface area contributed by atoms with Crippen molar-refractivity contribution in [1.29, 1.82) is 0 Å². The Morgan fingerprint density at radius 3 is 2.52 bits per heavy atom. The average molecular weight is 348 g/mol. The third kappa shape index (κ3) is 8.37. The van der Waals surface area contributed by atoms with Crippen LogP contribution in [-0.2, 0) is 16.1 Å². The molecule has 1 aromatic rings. The molecule has 1 rings (SSSR count). The van der Waals surface area contributed by atoms with E-state index < -0.39 is 24.9 Å². The topological polar surface area (TPSA) is 108 Å². The molecule has 7 nitrogen and oxygen atoms in total. The van der Waals surface area contributed by atoms with Crippen molar-refractivity contribution >= 4 is 18.9 Å². The van der Waals surface area contributed by atoms with Gasteiger partial charge < -0.3 is 25.4 Å². The number of amides is 2. The van der Waals surface area contributed by atoms with E-state index in [1.165, 1.54) is 0 Å². The zero-order valence-electron chi connectivity index (χ0n) is 14.7. The highest BCUT2D eigenvalue weighted by molar-refractivity contribution is 6.43. The number of carbonyl (C=O) groups excluding carboxylic acids is 2. The van der Waals surface area contributed by atoms with Gasteiger partial charge in [-0.2, -0.15) is 0 Å². The minimum atomic E-state index is -1.65. The second-order valence-electron chi connectivity index (χ2n) is 6.06. The molecule has 0 aromatic heterocycles. The summed E-state index contributed by atoms with van der Waals surface area (Å²) in [6.07, 6.45) is 2.58. The highest BCUT2D eigenvalue weighted by Crippen LogP contribution is 2.12. The van der Waals surface area contributed by atoms with Crippen LogP contribution in [0, 0.1) is 5.92 Å². The molecule has 1 unspecified atom stereocenters. The summed E-state index contributed by atoms with van der Waals surface area (Å²) in [4.78, 5) is 23.5. The fourth-order valence-electron chi connectivity index (χ4n) is 2.18. The van der Waals surface area contributed by atoms with Crippen molar-refractivity contribution in [1.82, 2.24) is 10.6 Å². The van der Waals surface area contributed by atoms with Gasteiger partial charge in [0.15, 0.2) is 0 Å². The number of hydrogen-bond donors (Lipinski definition) is 4. The zero-order chi connectivity index (χ0) is 18.8. The lowest BCUT2D eigenvalue weighted by atomic mass is 9.75. The third-order valence-electron chi connectivity index (χ3n) is 3.40. The summed E-state index contributed by atoms with van der Waals surface area (Å²) >= 11 is 0. The van der Waals surface area contributed by atoms with Crippen molar-refractivity contribution < 1.29 is 24.4 Å². The molecule has 1 atom stereocenters. The standard InChI is InChI=1S/C17H25BN2O5/c1-12(2)9-15(18(23)24)20-17(22)8-7-16(21)19-11-13-5-4-6-14(10-13)25-3/h4-8,10,12,15,23-24H,9,11H2,1-3H3,(H,19,21)(H,20,22). The molecule has 0 saturated heterocycles. The maximum Gasteiger partial charge on any atom is 0.475 e. The third-order valence-corrected chi connectivity index (χ3v) is 3.40. The number of hydrogen-bond acceptors (Lipinski definition) is 5. The second-order valence-corrected chi connectivity index (χ2v) is 6.06. The minimum Gasteiger partial charge on any atom is -0.497 e. The predicted octanol–water partition coefficient (Wildman–Crippen LogP) is 0.410. The zero-order valence-corrected chi connectivity index (χ0v) is 14.7. The molecule has 2 amide bonds. The first-order valence-corrected chi connectivity index (χ1v) is 8.07. The Hall–Kier alpha value is -2.32. The number of carbonyl (C=O) groups is 2. The number of methoxy groups -OCH3 is 1. The smallest absolute Gasteiger partial charge is 0.475 e. The largest absolute Gasteiger partial charge is 0.497 e. The molecule has 136 valence electrons. The van der Waals surface area contributed by atoms with E-state index in [2.05, 4.69) is 10.6 Å². The second kappa shape index (κ2) is 10.5. The van der Waals surface area contributed by atoms with Crippen molar-refractivity contribution in [2.75, 3.05) is 7.11 Å². The number of rotatable bonds is 9. The molecular formula is C17H25BN2O5. The molecule has 1 aromatic carbocycles. The van der Waals surface area contributed by atoms with Gasteiger partial charge in [0, 0.05) is 18.7 Å². The molecular weight excluding hydrogens is 323 g/mol. The Balaban J connectivity index is 2.47. The summed E-state index contributed by atoms with van der Waals surface area (Å²) in [5.74, 6) is -0.891. The van der Waals surface area contributed by atoms with Crippen LogP contribution in [0.2, 0.25) is 0 Å². The van der Waals surface area contributed by atoms with Crippen LogP contribution < -0.4 is 15.4 Å². The fraction of sp³-hybridized carbons (Fsp3) is 0.412. The van der Waals surface area contributed by atoms with E-state index in [1.54, 1.807) is 19.2 Å². The van der Waals surface area contributed by atoms with E-state index in [0.717, 1.165) is 17.7 Å². The van der Waals surface area contributed by atoms with Gasteiger partial charge in [0.25, 0.3) is 0 Å². The molecule has 0 saturated carbocycles. The molecule has 4 N–H and O–H groups in total. The Kier molecular flexibility index (Phi) is 8.73. The van der Waals surface area contributed by atoms with Crippen LogP contribution >= 0.6 is 0 Å². The van der Waals surface area contributed by atoms with Crippen LogP contribution in [0.4, 0.5) is 0 Å². The SMILES string of the molecule is COc1cccc(CNC(=O)C=CC(=O)NC(CC(C)C)B(O)O)c1. The van der Waals surface area contributed by atoms with Gasteiger partial charge >= 0.3 is 7.12 Å². The molecule has 0 aliphatic heterocycles. The summed E-state index contributed by atoms with van der Waals surface area (Å²) in [7, 11) is -0.0869. The quantitative estimate of drug-likeness (QED) is 0.382. The molecule has 0 aliphatic carbocycles. The van der Waals surface area contributed by atoms with E-state index in [9.17, 15) is 19.6 Å². The van der Waals surface area contributed by atoms with Gasteiger partial charge in [0.1, 0.15) is 5.75 Å². The lowest BCUT2D eigenvalue weighted by Crippen LogP contribution is -2.46. The first-order chi connectivity index (χ1) is 11.8. The van der Waals surface area contributed by atoms with Crippen LogP contribution in [0.5, 0.6) is 5.75 Å². The monoisotopic (exact) mass is 348 g/mol. The fourth-order valence-corrected chi connectivity index (χ4v) is 2.18. The Morgan fingerprint density at radius 1 is 1.24 bits per heavy atom. The van der Waals surface area contributed by atoms with Crippen LogP contribution in [0.3, 0.4) is 0 Å². The average Bonchev–Trinajstić information content (AvgIpc) is 2.57. The molecule has 0 radical (unpaired) electrons. The van der Waals surface area contributed by atoms with Crippen molar-refractivity contribution in [3.63, 3.8) is 0 Å². The van der Waals surface area contributed by atoms with E-state index in [1.807, 2.05) is 26.0 Å². The molecule has 0 bridgehead atoms. The summed E-state index contributed by atoms with van der Waals surface area (Å²) in [5, 5.41) is 23.7. The van der Waals surface area contributed by atoms with E-state index in [0.29, 0.717) is 18.7 Å². The van der Waals surface area contributed by atoms with Crippen LogP contribution in [-0.4, -0.2) is 42.0 Å². The van der Waals surface area contributed by atoms with Crippen molar-refractivity contribution in [3.8, 4) is 5.75 Å². The van der Waals surface area contributed by atoms with Crippen LogP contribution in [0.15, 0.2) is 36.4 Å². The normalized spacial score (nSPS) is 12.1. The van der Waals surface area contributed by atoms with E-state index >= 15 is 0 Å². The van der Waals surface area contributed by atoms with Gasteiger partial charge in [0.05, 0.1) is 13.1 Å². The minimum absolute atomic E-state index is 0.183. The van der Waals surface area contributed by atoms with Gasteiger partial charge in [0.2, 0.25) is 11.8 Å². The van der Waals surface area contributed by atoms with Gasteiger partial charge in [-0.1, -0.05) is 26.0 Å². The maximum absolute atomic E-state index is 11.8. The van der Waals surface area contributed by atoms with Crippen molar-refractivity contribution in [2.45, 2.75) is 32.8 Å². The summed E-state index contributed by atoms with van der Waals surface area (Å²) in [5.41, 5.74) is 0.867. The van der Waals surface area contributed by atoms with E-state index in [-0.39, 0.29) is 5.92 Å². The summed E-state index contributed by atoms with van der Waals surface area (Å²) < 4.78 is 5.10. The van der Waals surface area contributed by atoms with Crippen molar-refractivity contribution in [2.24, 2.45) is 5.92 Å². The maximum atomic E-state index is 11.8. The highest BCUT2D eigenvalue weighted by atomic mass is 16.5. The highest BCUT2D eigenvalue weighted by Gasteiger charge is 2.25. The molecule has 0 aliphatic rings. The summed E-state index contributed by atoms with van der Waals surface area (Å²) in [6.45, 7) is 4.11. The van der Waals surface area contributed by atoms with Crippen LogP contribution in [0.1, 0.15) is 25.8 Å². The van der Waals surface area contributed by atoms with Gasteiger partial charge in [-0.15, -0.1) is 0 Å². The first-order valence-electron chi connectivity index (χ1n) is 8.07. The molecule has 8 heteroatoms. The Labute approximate surface area is 148 Å². The van der Waals surface area contributed by atoms with Crippen molar-refractivity contribution in [3.05, 3.63) is 42.0 Å². The van der Waals surface area contributed by atoms with Crippen LogP contribution in [0.25, 0.3) is 0 Å². The van der Waals surface area contributed by atoms with Gasteiger partial charge in [-0.3, -0.25) is 9.59 Å². The van der Waals surface area contributed by atoms with Gasteiger partial charge in [-0.25, -0.2) is 0 Å². The molecule has 0 fully saturated rings. The van der Waals surface area contributed by atoms with Gasteiger partial charge in [-0.05, 0) is 30.0 Å². The molecule has 0 spiro atoms. The number of ether oxygens (including phenoxy) is 1.